The summed E-state index contributed by atoms with van der Waals surface area (Å²) < 4.78 is 42.9. The Morgan fingerprint density at radius 1 is 1.45 bits per heavy atom. The molecule has 2 rings (SSSR count). The second kappa shape index (κ2) is 7.06. The molecule has 0 saturated carbocycles. The van der Waals surface area contributed by atoms with E-state index in [1.54, 1.807) is 12.1 Å². The van der Waals surface area contributed by atoms with E-state index in [2.05, 4.69) is 5.32 Å². The predicted molar refractivity (Wildman–Crippen MR) is 79.5 cm³/mol. The van der Waals surface area contributed by atoms with E-state index >= 15 is 0 Å². The molecule has 1 heterocycles. The van der Waals surface area contributed by atoms with Gasteiger partial charge in [0.25, 0.3) is 0 Å². The molecule has 1 fully saturated rings. The molecule has 1 amide bonds. The number of rotatable bonds is 6. The zero-order valence-electron chi connectivity index (χ0n) is 12.3. The Bertz CT molecular complexity index is 635. The molecule has 22 heavy (non-hydrogen) atoms. The number of amides is 1. The number of carbonyl (C=O) groups excluding carboxylic acids is 1. The SMILES string of the molecule is CS(=O)(=O)N1CCC[C@H]1C(=O)NCCOc1ccccc1F. The minimum absolute atomic E-state index is 0.109. The van der Waals surface area contributed by atoms with E-state index in [9.17, 15) is 17.6 Å². The first-order valence-electron chi connectivity index (χ1n) is 7.01. The summed E-state index contributed by atoms with van der Waals surface area (Å²) in [5.41, 5.74) is 0. The molecular weight excluding hydrogens is 311 g/mol. The highest BCUT2D eigenvalue weighted by Crippen LogP contribution is 2.20. The monoisotopic (exact) mass is 330 g/mol. The van der Waals surface area contributed by atoms with Gasteiger partial charge in [0.15, 0.2) is 11.6 Å². The average molecular weight is 330 g/mol. The van der Waals surface area contributed by atoms with Gasteiger partial charge in [-0.05, 0) is 25.0 Å². The molecule has 1 aliphatic heterocycles. The maximum atomic E-state index is 13.3. The number of halogens is 1. The smallest absolute Gasteiger partial charge is 0.238 e. The standard InChI is InChI=1S/C14H19FN2O4S/c1-22(19,20)17-9-4-6-12(17)14(18)16-8-10-21-13-7-3-2-5-11(13)15/h2-3,5,7,12H,4,6,8-10H2,1H3,(H,16,18)/t12-/m0/s1. The molecule has 1 saturated heterocycles. The first kappa shape index (κ1) is 16.7. The van der Waals surface area contributed by atoms with Crippen molar-refractivity contribution in [2.24, 2.45) is 0 Å². The van der Waals surface area contributed by atoms with E-state index in [-0.39, 0.29) is 24.8 Å². The number of nitrogens with one attached hydrogen (secondary N) is 1. The van der Waals surface area contributed by atoms with Crippen molar-refractivity contribution >= 4 is 15.9 Å². The third kappa shape index (κ3) is 4.17. The summed E-state index contributed by atoms with van der Waals surface area (Å²) in [4.78, 5) is 12.0. The highest BCUT2D eigenvalue weighted by Gasteiger charge is 2.36. The van der Waals surface area contributed by atoms with Gasteiger partial charge in [-0.2, -0.15) is 4.31 Å². The van der Waals surface area contributed by atoms with E-state index in [4.69, 9.17) is 4.74 Å². The van der Waals surface area contributed by atoms with Gasteiger partial charge in [0.05, 0.1) is 12.8 Å². The molecule has 8 heteroatoms. The van der Waals surface area contributed by atoms with Crippen LogP contribution in [-0.2, 0) is 14.8 Å². The third-order valence-electron chi connectivity index (χ3n) is 3.43. The van der Waals surface area contributed by atoms with Gasteiger partial charge >= 0.3 is 0 Å². The quantitative estimate of drug-likeness (QED) is 0.781. The van der Waals surface area contributed by atoms with E-state index in [0.717, 1.165) is 6.26 Å². The number of hydrogen-bond acceptors (Lipinski definition) is 4. The maximum Gasteiger partial charge on any atom is 0.238 e. The Hall–Kier alpha value is -1.67. The molecule has 1 aromatic rings. The fourth-order valence-corrected chi connectivity index (χ4v) is 3.54. The van der Waals surface area contributed by atoms with Crippen molar-refractivity contribution in [1.29, 1.82) is 0 Å². The van der Waals surface area contributed by atoms with Crippen LogP contribution in [-0.4, -0.2) is 50.6 Å². The number of sulfonamides is 1. The molecule has 1 aliphatic rings. The van der Waals surface area contributed by atoms with Gasteiger partial charge in [-0.25, -0.2) is 12.8 Å². The van der Waals surface area contributed by atoms with Crippen LogP contribution in [0.15, 0.2) is 24.3 Å². The summed E-state index contributed by atoms with van der Waals surface area (Å²) in [7, 11) is -3.38. The van der Waals surface area contributed by atoms with Gasteiger partial charge in [0.2, 0.25) is 15.9 Å². The summed E-state index contributed by atoms with van der Waals surface area (Å²) in [5, 5.41) is 2.62. The first-order valence-corrected chi connectivity index (χ1v) is 8.86. The van der Waals surface area contributed by atoms with Gasteiger partial charge in [-0.3, -0.25) is 4.79 Å². The molecule has 0 unspecified atom stereocenters. The third-order valence-corrected chi connectivity index (χ3v) is 4.72. The molecule has 0 radical (unpaired) electrons. The second-order valence-corrected chi connectivity index (χ2v) is 7.04. The number of ether oxygens (including phenoxy) is 1. The number of nitrogens with zero attached hydrogens (tertiary/aromatic N) is 1. The molecule has 122 valence electrons. The molecular formula is C14H19FN2O4S. The lowest BCUT2D eigenvalue weighted by atomic mass is 10.2. The van der Waals surface area contributed by atoms with Crippen molar-refractivity contribution in [1.82, 2.24) is 9.62 Å². The summed E-state index contributed by atoms with van der Waals surface area (Å²) in [6.07, 6.45) is 2.27. The lowest BCUT2D eigenvalue weighted by Crippen LogP contribution is -2.46. The number of para-hydroxylation sites is 1. The van der Waals surface area contributed by atoms with E-state index in [1.807, 2.05) is 0 Å². The molecule has 0 spiro atoms. The molecule has 1 N–H and O–H groups in total. The van der Waals surface area contributed by atoms with Gasteiger partial charge < -0.3 is 10.1 Å². The van der Waals surface area contributed by atoms with Gasteiger partial charge in [-0.15, -0.1) is 0 Å². The largest absolute Gasteiger partial charge is 0.489 e. The molecule has 0 bridgehead atoms. The van der Waals surface area contributed by atoms with Crippen LogP contribution in [0.1, 0.15) is 12.8 Å². The van der Waals surface area contributed by atoms with Crippen molar-refractivity contribution in [3.05, 3.63) is 30.1 Å². The van der Waals surface area contributed by atoms with Crippen LogP contribution in [0, 0.1) is 5.82 Å². The minimum Gasteiger partial charge on any atom is -0.489 e. The topological polar surface area (TPSA) is 75.7 Å². The maximum absolute atomic E-state index is 13.3. The Morgan fingerprint density at radius 2 is 2.18 bits per heavy atom. The summed E-state index contributed by atoms with van der Waals surface area (Å²) in [6, 6.07) is 5.34. The normalized spacial score (nSPS) is 19.1. The van der Waals surface area contributed by atoms with Crippen molar-refractivity contribution in [2.45, 2.75) is 18.9 Å². The van der Waals surface area contributed by atoms with Crippen LogP contribution in [0.2, 0.25) is 0 Å². The summed E-state index contributed by atoms with van der Waals surface area (Å²) in [5.74, 6) is -0.691. The van der Waals surface area contributed by atoms with Crippen LogP contribution in [0.4, 0.5) is 4.39 Å². The first-order chi connectivity index (χ1) is 10.4. The number of carbonyl (C=O) groups is 1. The fraction of sp³-hybridized carbons (Fsp3) is 0.500. The zero-order valence-corrected chi connectivity index (χ0v) is 13.1. The van der Waals surface area contributed by atoms with Crippen LogP contribution < -0.4 is 10.1 Å². The molecule has 1 atom stereocenters. The molecule has 6 nitrogen and oxygen atoms in total. The highest BCUT2D eigenvalue weighted by molar-refractivity contribution is 7.88. The van der Waals surface area contributed by atoms with Crippen molar-refractivity contribution < 1.29 is 22.3 Å². The van der Waals surface area contributed by atoms with Crippen LogP contribution in [0.25, 0.3) is 0 Å². The van der Waals surface area contributed by atoms with Crippen molar-refractivity contribution in [3.63, 3.8) is 0 Å². The molecule has 1 aromatic carbocycles. The van der Waals surface area contributed by atoms with Crippen LogP contribution in [0.3, 0.4) is 0 Å². The number of benzene rings is 1. The Balaban J connectivity index is 1.80. The number of hydrogen-bond donors (Lipinski definition) is 1. The Morgan fingerprint density at radius 3 is 2.86 bits per heavy atom. The lowest BCUT2D eigenvalue weighted by molar-refractivity contribution is -0.124. The van der Waals surface area contributed by atoms with Crippen LogP contribution >= 0.6 is 0 Å². The van der Waals surface area contributed by atoms with Crippen LogP contribution in [0.5, 0.6) is 5.75 Å². The molecule has 0 aliphatic carbocycles. The fourth-order valence-electron chi connectivity index (χ4n) is 2.41. The minimum atomic E-state index is -3.38. The summed E-state index contributed by atoms with van der Waals surface area (Å²) >= 11 is 0. The van der Waals surface area contributed by atoms with Crippen molar-refractivity contribution in [2.75, 3.05) is 26.0 Å². The second-order valence-electron chi connectivity index (χ2n) is 5.10. The Kier molecular flexibility index (Phi) is 5.36. The van der Waals surface area contributed by atoms with Crippen molar-refractivity contribution in [3.8, 4) is 5.75 Å². The van der Waals surface area contributed by atoms with Gasteiger partial charge in [-0.1, -0.05) is 12.1 Å². The molecule has 0 aromatic heterocycles. The van der Waals surface area contributed by atoms with E-state index in [0.29, 0.717) is 19.4 Å². The van der Waals surface area contributed by atoms with Gasteiger partial charge in [0.1, 0.15) is 12.6 Å². The van der Waals surface area contributed by atoms with Gasteiger partial charge in [0, 0.05) is 6.54 Å². The van der Waals surface area contributed by atoms with E-state index < -0.39 is 21.9 Å². The lowest BCUT2D eigenvalue weighted by Gasteiger charge is -2.21. The van der Waals surface area contributed by atoms with E-state index in [1.165, 1.54) is 16.4 Å². The highest BCUT2D eigenvalue weighted by atomic mass is 32.2. The summed E-state index contributed by atoms with van der Waals surface area (Å²) in [6.45, 7) is 0.655. The predicted octanol–water partition coefficient (Wildman–Crippen LogP) is 0.745. The zero-order chi connectivity index (χ0) is 16.2. The average Bonchev–Trinajstić information content (AvgIpc) is 2.94. The Labute approximate surface area is 129 Å².